The van der Waals surface area contributed by atoms with Crippen LogP contribution in [0.1, 0.15) is 72.1 Å². The molecule has 196 valence electrons. The minimum atomic E-state index is -0.963. The Balaban J connectivity index is 2.13. The van der Waals surface area contributed by atoms with E-state index in [2.05, 4.69) is 27.8 Å². The molecular formula is C25H41N5O5. The van der Waals surface area contributed by atoms with E-state index < -0.39 is 41.8 Å². The van der Waals surface area contributed by atoms with Gasteiger partial charge in [-0.3, -0.25) is 19.2 Å². The Labute approximate surface area is 208 Å². The van der Waals surface area contributed by atoms with Gasteiger partial charge in [0.25, 0.3) is 5.91 Å². The molecule has 3 atom stereocenters. The van der Waals surface area contributed by atoms with E-state index in [4.69, 9.17) is 0 Å². The second-order valence-electron chi connectivity index (χ2n) is 9.70. The first-order valence-corrected chi connectivity index (χ1v) is 12.8. The van der Waals surface area contributed by atoms with Gasteiger partial charge in [0.1, 0.15) is 12.1 Å². The lowest BCUT2D eigenvalue weighted by atomic mass is 9.96. The van der Waals surface area contributed by atoms with Crippen molar-refractivity contribution in [3.05, 3.63) is 12.7 Å². The van der Waals surface area contributed by atoms with Gasteiger partial charge in [-0.1, -0.05) is 32.3 Å². The normalized spacial score (nSPS) is 19.7. The molecule has 1 aliphatic heterocycles. The molecular weight excluding hydrogens is 450 g/mol. The molecule has 0 aromatic heterocycles. The summed E-state index contributed by atoms with van der Waals surface area (Å²) in [5.41, 5.74) is 0. The highest BCUT2D eigenvalue weighted by atomic mass is 16.2. The molecule has 5 amide bonds. The van der Waals surface area contributed by atoms with Gasteiger partial charge in [-0.05, 0) is 51.9 Å². The van der Waals surface area contributed by atoms with Crippen molar-refractivity contribution in [1.29, 1.82) is 0 Å². The monoisotopic (exact) mass is 491 g/mol. The quantitative estimate of drug-likeness (QED) is 0.242. The second-order valence-corrected chi connectivity index (χ2v) is 9.70. The third-order valence-corrected chi connectivity index (χ3v) is 6.52. The maximum atomic E-state index is 13.6. The molecule has 0 aromatic carbocycles. The minimum Gasteiger partial charge on any atom is -0.346 e. The molecule has 1 aliphatic carbocycles. The van der Waals surface area contributed by atoms with Crippen LogP contribution in [0.15, 0.2) is 12.7 Å². The highest BCUT2D eigenvalue weighted by Crippen LogP contribution is 2.30. The van der Waals surface area contributed by atoms with Crippen LogP contribution in [0.3, 0.4) is 0 Å². The van der Waals surface area contributed by atoms with Crippen molar-refractivity contribution in [3.8, 4) is 0 Å². The lowest BCUT2D eigenvalue weighted by molar-refractivity contribution is -0.143. The van der Waals surface area contributed by atoms with Crippen LogP contribution in [0, 0.1) is 5.92 Å². The molecule has 1 saturated carbocycles. The summed E-state index contributed by atoms with van der Waals surface area (Å²) in [7, 11) is 0. The summed E-state index contributed by atoms with van der Waals surface area (Å²) in [6.45, 7) is 9.62. The van der Waals surface area contributed by atoms with E-state index >= 15 is 0 Å². The highest BCUT2D eigenvalue weighted by Gasteiger charge is 2.42. The Hall–Kier alpha value is -2.91. The number of nitrogens with one attached hydrogen (secondary N) is 4. The zero-order chi connectivity index (χ0) is 26.0. The van der Waals surface area contributed by atoms with E-state index in [9.17, 15) is 24.0 Å². The molecule has 0 aromatic rings. The number of urea groups is 1. The summed E-state index contributed by atoms with van der Waals surface area (Å²) in [6, 6.07) is -2.89. The van der Waals surface area contributed by atoms with Gasteiger partial charge in [0.2, 0.25) is 17.6 Å². The fourth-order valence-corrected chi connectivity index (χ4v) is 4.83. The van der Waals surface area contributed by atoms with Gasteiger partial charge < -0.3 is 26.2 Å². The van der Waals surface area contributed by atoms with E-state index in [0.717, 1.165) is 25.7 Å². The lowest BCUT2D eigenvalue weighted by Crippen LogP contribution is -2.58. The molecule has 2 aliphatic rings. The standard InChI is InChI=1S/C25H41N5O5/c1-5-10-18(21(31)23(33)26-14-6-2)28-22(32)19-13-9-15-30(19)24(34)20(17-11-7-8-12-17)29-25(35)27-16(3)4/h6,16-20H,2,5,7-15H2,1,3-4H3,(H,26,33)(H,28,32)(H2,27,29,35)/t18?,19-,20?/m0/s1. The number of ketones is 1. The van der Waals surface area contributed by atoms with E-state index in [-0.39, 0.29) is 24.4 Å². The number of amides is 5. The van der Waals surface area contributed by atoms with Crippen LogP contribution in [0.4, 0.5) is 4.79 Å². The summed E-state index contributed by atoms with van der Waals surface area (Å²) >= 11 is 0. The molecule has 1 saturated heterocycles. The smallest absolute Gasteiger partial charge is 0.315 e. The Morgan fingerprint density at radius 2 is 1.69 bits per heavy atom. The van der Waals surface area contributed by atoms with Crippen molar-refractivity contribution in [1.82, 2.24) is 26.2 Å². The number of nitrogens with zero attached hydrogens (tertiary/aromatic N) is 1. The Kier molecular flexibility index (Phi) is 11.2. The topological polar surface area (TPSA) is 137 Å². The molecule has 0 bridgehead atoms. The first kappa shape index (κ1) is 28.3. The summed E-state index contributed by atoms with van der Waals surface area (Å²) in [5, 5.41) is 10.8. The number of likely N-dealkylation sites (tertiary alicyclic amines) is 1. The van der Waals surface area contributed by atoms with E-state index in [0.29, 0.717) is 32.2 Å². The Bertz CT molecular complexity index is 793. The van der Waals surface area contributed by atoms with Crippen LogP contribution in [-0.4, -0.2) is 71.7 Å². The van der Waals surface area contributed by atoms with Gasteiger partial charge in [0.15, 0.2) is 0 Å². The van der Waals surface area contributed by atoms with Crippen molar-refractivity contribution in [3.63, 3.8) is 0 Å². The number of carbonyl (C=O) groups excluding carboxylic acids is 5. The van der Waals surface area contributed by atoms with Gasteiger partial charge in [-0.15, -0.1) is 6.58 Å². The summed E-state index contributed by atoms with van der Waals surface area (Å²) in [4.78, 5) is 65.5. The fraction of sp³-hybridized carbons (Fsp3) is 0.720. The number of Topliss-reactive ketones (excluding diaryl/α,β-unsaturated/α-hetero) is 1. The van der Waals surface area contributed by atoms with Crippen LogP contribution in [0.25, 0.3) is 0 Å². The average molecular weight is 492 g/mol. The first-order valence-electron chi connectivity index (χ1n) is 12.8. The molecule has 0 spiro atoms. The highest BCUT2D eigenvalue weighted by molar-refractivity contribution is 6.38. The van der Waals surface area contributed by atoms with Crippen LogP contribution in [0.2, 0.25) is 0 Å². The maximum Gasteiger partial charge on any atom is 0.315 e. The average Bonchev–Trinajstić information content (AvgIpc) is 3.51. The first-order chi connectivity index (χ1) is 16.7. The van der Waals surface area contributed by atoms with E-state index in [1.54, 1.807) is 0 Å². The fourth-order valence-electron chi connectivity index (χ4n) is 4.83. The molecule has 35 heavy (non-hydrogen) atoms. The van der Waals surface area contributed by atoms with Gasteiger partial charge in [-0.2, -0.15) is 0 Å². The minimum absolute atomic E-state index is 0.0210. The van der Waals surface area contributed by atoms with Crippen molar-refractivity contribution < 1.29 is 24.0 Å². The van der Waals surface area contributed by atoms with Crippen LogP contribution in [-0.2, 0) is 19.2 Å². The molecule has 10 heteroatoms. The van der Waals surface area contributed by atoms with E-state index in [1.165, 1.54) is 11.0 Å². The summed E-state index contributed by atoms with van der Waals surface area (Å²) in [5.74, 6) is -2.18. The number of hydrogen-bond acceptors (Lipinski definition) is 5. The SMILES string of the molecule is C=CCNC(=O)C(=O)C(CCC)NC(=O)[C@@H]1CCCN1C(=O)C(NC(=O)NC(C)C)C1CCCC1. The molecule has 2 fully saturated rings. The van der Waals surface area contributed by atoms with Crippen molar-refractivity contribution in [2.75, 3.05) is 13.1 Å². The molecule has 2 unspecified atom stereocenters. The molecule has 1 heterocycles. The number of carbonyl (C=O) groups is 5. The van der Waals surface area contributed by atoms with Gasteiger partial charge in [-0.25, -0.2) is 4.79 Å². The third kappa shape index (κ3) is 8.07. The van der Waals surface area contributed by atoms with Crippen LogP contribution >= 0.6 is 0 Å². The largest absolute Gasteiger partial charge is 0.346 e. The molecule has 10 nitrogen and oxygen atoms in total. The lowest BCUT2D eigenvalue weighted by Gasteiger charge is -2.32. The molecule has 4 N–H and O–H groups in total. The third-order valence-electron chi connectivity index (χ3n) is 6.52. The van der Waals surface area contributed by atoms with Gasteiger partial charge in [0.05, 0.1) is 6.04 Å². The molecule has 2 rings (SSSR count). The zero-order valence-corrected chi connectivity index (χ0v) is 21.2. The van der Waals surface area contributed by atoms with Crippen molar-refractivity contribution >= 4 is 29.5 Å². The van der Waals surface area contributed by atoms with Crippen molar-refractivity contribution in [2.45, 2.75) is 96.3 Å². The summed E-state index contributed by atoms with van der Waals surface area (Å²) in [6.07, 6.45) is 7.17. The predicted octanol–water partition coefficient (Wildman–Crippen LogP) is 1.40. The summed E-state index contributed by atoms with van der Waals surface area (Å²) < 4.78 is 0. The Morgan fingerprint density at radius 3 is 2.29 bits per heavy atom. The van der Waals surface area contributed by atoms with E-state index in [1.807, 2.05) is 20.8 Å². The predicted molar refractivity (Wildman–Crippen MR) is 132 cm³/mol. The molecule has 0 radical (unpaired) electrons. The second kappa shape index (κ2) is 13.8. The number of rotatable bonds is 12. The maximum absolute atomic E-state index is 13.6. The van der Waals surface area contributed by atoms with Crippen LogP contribution < -0.4 is 21.3 Å². The van der Waals surface area contributed by atoms with Crippen LogP contribution in [0.5, 0.6) is 0 Å². The van der Waals surface area contributed by atoms with Gasteiger partial charge in [0, 0.05) is 19.1 Å². The van der Waals surface area contributed by atoms with Crippen molar-refractivity contribution in [2.24, 2.45) is 5.92 Å². The number of hydrogen-bond donors (Lipinski definition) is 4. The zero-order valence-electron chi connectivity index (χ0n) is 21.2. The Morgan fingerprint density at radius 1 is 1.00 bits per heavy atom. The van der Waals surface area contributed by atoms with Gasteiger partial charge >= 0.3 is 6.03 Å².